The fourth-order valence-corrected chi connectivity index (χ4v) is 2.89. The van der Waals surface area contributed by atoms with Crippen molar-refractivity contribution in [2.75, 3.05) is 13.6 Å². The van der Waals surface area contributed by atoms with Crippen LogP contribution in [0.15, 0.2) is 29.3 Å². The Kier molecular flexibility index (Phi) is 6.91. The number of carbonyl (C=O) groups excluding carboxylic acids is 1. The highest BCUT2D eigenvalue weighted by Crippen LogP contribution is 2.17. The minimum Gasteiger partial charge on any atom is -0.356 e. The van der Waals surface area contributed by atoms with Gasteiger partial charge in [-0.15, -0.1) is 0 Å². The van der Waals surface area contributed by atoms with Crippen LogP contribution in [-0.4, -0.2) is 31.5 Å². The lowest BCUT2D eigenvalue weighted by atomic mass is 10.1. The molecule has 0 aromatic heterocycles. The molecule has 1 amide bonds. The Hall–Kier alpha value is -2.04. The number of hydrogen-bond acceptors (Lipinski definition) is 2. The lowest BCUT2D eigenvalue weighted by molar-refractivity contribution is -0.121. The first kappa shape index (κ1) is 17.3. The quantitative estimate of drug-likeness (QED) is 0.556. The van der Waals surface area contributed by atoms with Crippen LogP contribution in [0.4, 0.5) is 0 Å². The summed E-state index contributed by atoms with van der Waals surface area (Å²) in [5, 5.41) is 9.55. The normalized spacial score (nSPS) is 15.5. The molecule has 0 atom stereocenters. The monoisotopic (exact) mass is 316 g/mol. The van der Waals surface area contributed by atoms with Crippen LogP contribution in [0.2, 0.25) is 0 Å². The van der Waals surface area contributed by atoms with Gasteiger partial charge in [0.1, 0.15) is 0 Å². The highest BCUT2D eigenvalue weighted by atomic mass is 16.1. The Morgan fingerprint density at radius 3 is 2.74 bits per heavy atom. The van der Waals surface area contributed by atoms with Crippen LogP contribution in [0.3, 0.4) is 0 Å². The molecule has 0 radical (unpaired) electrons. The molecule has 0 spiro atoms. The van der Waals surface area contributed by atoms with Crippen LogP contribution in [0.1, 0.15) is 43.2 Å². The molecular weight excluding hydrogens is 288 g/mol. The fourth-order valence-electron chi connectivity index (χ4n) is 2.89. The Balaban J connectivity index is 1.65. The highest BCUT2D eigenvalue weighted by Gasteiger charge is 2.16. The summed E-state index contributed by atoms with van der Waals surface area (Å²) in [6.07, 6.45) is 5.19. The summed E-state index contributed by atoms with van der Waals surface area (Å²) < 4.78 is 0. The van der Waals surface area contributed by atoms with Crippen LogP contribution < -0.4 is 16.0 Å². The zero-order valence-corrected chi connectivity index (χ0v) is 14.2. The molecule has 23 heavy (non-hydrogen) atoms. The van der Waals surface area contributed by atoms with Crippen molar-refractivity contribution in [2.45, 2.75) is 51.6 Å². The van der Waals surface area contributed by atoms with E-state index in [1.54, 1.807) is 7.05 Å². The average molecular weight is 316 g/mol. The largest absolute Gasteiger partial charge is 0.356 e. The molecule has 1 aromatic rings. The second kappa shape index (κ2) is 9.18. The van der Waals surface area contributed by atoms with Crippen molar-refractivity contribution < 1.29 is 4.79 Å². The van der Waals surface area contributed by atoms with E-state index in [0.29, 0.717) is 19.0 Å². The van der Waals surface area contributed by atoms with Gasteiger partial charge in [0.05, 0.1) is 0 Å². The number of nitrogens with one attached hydrogen (secondary N) is 3. The lowest BCUT2D eigenvalue weighted by Crippen LogP contribution is -2.40. The van der Waals surface area contributed by atoms with Gasteiger partial charge >= 0.3 is 0 Å². The minimum absolute atomic E-state index is 0.124. The minimum atomic E-state index is 0.124. The third-order valence-electron chi connectivity index (χ3n) is 4.13. The van der Waals surface area contributed by atoms with E-state index in [4.69, 9.17) is 0 Å². The Morgan fingerprint density at radius 1 is 1.26 bits per heavy atom. The van der Waals surface area contributed by atoms with Gasteiger partial charge in [0.15, 0.2) is 5.96 Å². The van der Waals surface area contributed by atoms with Gasteiger partial charge < -0.3 is 16.0 Å². The maximum Gasteiger partial charge on any atom is 0.221 e. The molecule has 1 aliphatic carbocycles. The third-order valence-corrected chi connectivity index (χ3v) is 4.13. The van der Waals surface area contributed by atoms with Crippen LogP contribution in [0.5, 0.6) is 0 Å². The maximum atomic E-state index is 11.9. The molecule has 1 aromatic carbocycles. The van der Waals surface area contributed by atoms with Gasteiger partial charge in [-0.1, -0.05) is 42.7 Å². The molecule has 5 nitrogen and oxygen atoms in total. The van der Waals surface area contributed by atoms with Gasteiger partial charge in [0.25, 0.3) is 0 Å². The van der Waals surface area contributed by atoms with Crippen molar-refractivity contribution in [3.05, 3.63) is 35.4 Å². The number of aliphatic imine (C=N–C) groups is 1. The van der Waals surface area contributed by atoms with Crippen molar-refractivity contribution in [3.63, 3.8) is 0 Å². The summed E-state index contributed by atoms with van der Waals surface area (Å²) in [7, 11) is 1.74. The predicted molar refractivity (Wildman–Crippen MR) is 94.4 cm³/mol. The van der Waals surface area contributed by atoms with Crippen molar-refractivity contribution in [2.24, 2.45) is 4.99 Å². The van der Waals surface area contributed by atoms with Gasteiger partial charge in [-0.3, -0.25) is 9.79 Å². The van der Waals surface area contributed by atoms with E-state index in [2.05, 4.69) is 52.1 Å². The first-order valence-corrected chi connectivity index (χ1v) is 8.47. The molecule has 0 heterocycles. The number of amides is 1. The Labute approximate surface area is 139 Å². The number of benzene rings is 1. The standard InChI is InChI=1S/C18H28N4O/c1-14-6-5-7-15(12-14)13-21-18(19-2)20-11-10-17(23)22-16-8-3-4-9-16/h5-7,12,16H,3-4,8-11,13H2,1-2H3,(H,22,23)(H2,19,20,21). The molecule has 2 rings (SSSR count). The summed E-state index contributed by atoms with van der Waals surface area (Å²) in [6.45, 7) is 3.39. The first-order valence-electron chi connectivity index (χ1n) is 8.47. The fraction of sp³-hybridized carbons (Fsp3) is 0.556. The summed E-state index contributed by atoms with van der Waals surface area (Å²) in [5.41, 5.74) is 2.46. The number of carbonyl (C=O) groups is 1. The number of aryl methyl sites for hydroxylation is 1. The van der Waals surface area contributed by atoms with Gasteiger partial charge in [-0.25, -0.2) is 0 Å². The number of rotatable bonds is 6. The van der Waals surface area contributed by atoms with E-state index in [1.165, 1.54) is 24.0 Å². The smallest absolute Gasteiger partial charge is 0.221 e. The molecular formula is C18H28N4O. The number of nitrogens with zero attached hydrogens (tertiary/aromatic N) is 1. The van der Waals surface area contributed by atoms with E-state index in [-0.39, 0.29) is 5.91 Å². The Bertz CT molecular complexity index is 536. The van der Waals surface area contributed by atoms with Crippen molar-refractivity contribution in [1.82, 2.24) is 16.0 Å². The van der Waals surface area contributed by atoms with E-state index in [0.717, 1.165) is 25.3 Å². The van der Waals surface area contributed by atoms with Crippen molar-refractivity contribution >= 4 is 11.9 Å². The topological polar surface area (TPSA) is 65.5 Å². The van der Waals surface area contributed by atoms with E-state index in [9.17, 15) is 4.79 Å². The summed E-state index contributed by atoms with van der Waals surface area (Å²) in [5.74, 6) is 0.846. The predicted octanol–water partition coefficient (Wildman–Crippen LogP) is 2.11. The summed E-state index contributed by atoms with van der Waals surface area (Å²) in [4.78, 5) is 16.1. The van der Waals surface area contributed by atoms with Gasteiger partial charge in [0.2, 0.25) is 5.91 Å². The molecule has 126 valence electrons. The maximum absolute atomic E-state index is 11.9. The van der Waals surface area contributed by atoms with Crippen LogP contribution in [-0.2, 0) is 11.3 Å². The molecule has 3 N–H and O–H groups in total. The van der Waals surface area contributed by atoms with Crippen LogP contribution >= 0.6 is 0 Å². The van der Waals surface area contributed by atoms with E-state index >= 15 is 0 Å². The molecule has 1 aliphatic rings. The Morgan fingerprint density at radius 2 is 2.04 bits per heavy atom. The molecule has 0 unspecified atom stereocenters. The molecule has 0 saturated heterocycles. The van der Waals surface area contributed by atoms with Gasteiger partial charge in [-0.2, -0.15) is 0 Å². The van der Waals surface area contributed by atoms with Crippen molar-refractivity contribution in [1.29, 1.82) is 0 Å². The second-order valence-corrected chi connectivity index (χ2v) is 6.14. The zero-order chi connectivity index (χ0) is 16.5. The SMILES string of the molecule is CN=C(NCCC(=O)NC1CCCC1)NCc1cccc(C)c1. The molecule has 1 saturated carbocycles. The number of guanidine groups is 1. The molecule has 5 heteroatoms. The first-order chi connectivity index (χ1) is 11.2. The van der Waals surface area contributed by atoms with E-state index < -0.39 is 0 Å². The number of hydrogen-bond donors (Lipinski definition) is 3. The second-order valence-electron chi connectivity index (χ2n) is 6.14. The van der Waals surface area contributed by atoms with Gasteiger partial charge in [-0.05, 0) is 25.3 Å². The lowest BCUT2D eigenvalue weighted by Gasteiger charge is -2.14. The zero-order valence-electron chi connectivity index (χ0n) is 14.2. The van der Waals surface area contributed by atoms with Crippen LogP contribution in [0, 0.1) is 6.92 Å². The molecule has 0 aliphatic heterocycles. The summed E-state index contributed by atoms with van der Waals surface area (Å²) >= 11 is 0. The highest BCUT2D eigenvalue weighted by molar-refractivity contribution is 5.81. The average Bonchev–Trinajstić information content (AvgIpc) is 3.03. The molecule has 1 fully saturated rings. The van der Waals surface area contributed by atoms with Crippen LogP contribution in [0.25, 0.3) is 0 Å². The molecule has 0 bridgehead atoms. The van der Waals surface area contributed by atoms with E-state index in [1.807, 2.05) is 0 Å². The third kappa shape index (κ3) is 6.30. The van der Waals surface area contributed by atoms with Crippen molar-refractivity contribution in [3.8, 4) is 0 Å². The van der Waals surface area contributed by atoms with Gasteiger partial charge in [0, 0.05) is 32.6 Å². The summed E-state index contributed by atoms with van der Waals surface area (Å²) in [6, 6.07) is 8.76.